The van der Waals surface area contributed by atoms with Crippen molar-refractivity contribution < 1.29 is 0 Å². The molecule has 4 aliphatic rings. The fourth-order valence-corrected chi connectivity index (χ4v) is 11.0. The highest BCUT2D eigenvalue weighted by Crippen LogP contribution is 2.39. The number of piperidine rings is 1. The number of likely N-dealkylation sites (tertiary alicyclic amines) is 2. The van der Waals surface area contributed by atoms with Crippen LogP contribution in [0, 0.1) is 21.7 Å². The molecule has 0 aliphatic carbocycles. The molecule has 4 heterocycles. The van der Waals surface area contributed by atoms with E-state index in [1.807, 2.05) is 55.4 Å². The summed E-state index contributed by atoms with van der Waals surface area (Å²) >= 11 is 2.07. The van der Waals surface area contributed by atoms with Gasteiger partial charge in [-0.15, -0.1) is 11.8 Å². The molecule has 5 nitrogen and oxygen atoms in total. The van der Waals surface area contributed by atoms with Crippen molar-refractivity contribution in [3.8, 4) is 0 Å². The molecule has 404 valence electrons. The van der Waals surface area contributed by atoms with Gasteiger partial charge in [-0.25, -0.2) is 0 Å². The third-order valence-corrected chi connectivity index (χ3v) is 13.3. The first-order valence-electron chi connectivity index (χ1n) is 26.3. The van der Waals surface area contributed by atoms with Gasteiger partial charge in [0, 0.05) is 77.6 Å². The molecule has 6 heteroatoms. The Morgan fingerprint density at radius 1 is 0.354 bits per heavy atom. The summed E-state index contributed by atoms with van der Waals surface area (Å²) in [6, 6.07) is 2.91. The number of rotatable bonds is 0. The molecule has 4 aliphatic heterocycles. The normalized spacial score (nSPS) is 22.5. The average Bonchev–Trinajstić information content (AvgIpc) is 3.87. The van der Waals surface area contributed by atoms with Gasteiger partial charge in [0.25, 0.3) is 0 Å². The Labute approximate surface area is 423 Å². The van der Waals surface area contributed by atoms with Crippen molar-refractivity contribution >= 4 is 11.8 Å². The van der Waals surface area contributed by atoms with Crippen LogP contribution in [0.5, 0.6) is 0 Å². The highest BCUT2D eigenvalue weighted by molar-refractivity contribution is 7.99. The van der Waals surface area contributed by atoms with E-state index in [0.29, 0.717) is 49.9 Å². The quantitative estimate of drug-likeness (QED) is 0.260. The third-order valence-electron chi connectivity index (χ3n) is 12.3. The molecule has 0 bridgehead atoms. The van der Waals surface area contributed by atoms with Crippen molar-refractivity contribution in [3.05, 3.63) is 0 Å². The largest absolute Gasteiger partial charge is 0.314 e. The summed E-state index contributed by atoms with van der Waals surface area (Å²) in [6.45, 7) is 78.2. The fraction of sp³-hybridized carbons (Fsp3) is 1.00. The van der Waals surface area contributed by atoms with Gasteiger partial charge in [-0.05, 0) is 144 Å². The second kappa shape index (κ2) is 34.5. The number of hydrogen-bond donors (Lipinski definition) is 1. The zero-order valence-corrected chi connectivity index (χ0v) is 50.3. The lowest BCUT2D eigenvalue weighted by molar-refractivity contribution is -0.00414. The highest BCUT2D eigenvalue weighted by Gasteiger charge is 2.41. The maximum Gasteiger partial charge on any atom is 0.0453 e. The van der Waals surface area contributed by atoms with Crippen LogP contribution >= 0.6 is 11.8 Å². The SMILES string of the molecule is C.C.C.CC.CC.CC.CC.CC(C)(C)C1CCCCN1C(C)(C)C.CC(C)(C)C1CCCN1C(C)(C)C.CC(C)(C)C1CNCCN1C(C)(C)C.CC(C)(C)C1CSCN1C(C)(C)C. The van der Waals surface area contributed by atoms with Gasteiger partial charge in [0.2, 0.25) is 0 Å². The van der Waals surface area contributed by atoms with Gasteiger partial charge in [-0.3, -0.25) is 19.6 Å². The first kappa shape index (κ1) is 79.3. The number of nitrogens with one attached hydrogen (secondary N) is 1. The maximum atomic E-state index is 3.50. The van der Waals surface area contributed by atoms with Gasteiger partial charge in [-0.1, -0.05) is 167 Å². The van der Waals surface area contributed by atoms with E-state index in [4.69, 9.17) is 0 Å². The Bertz CT molecular complexity index is 892. The number of hydrogen-bond acceptors (Lipinski definition) is 6. The Kier molecular flexibility index (Phi) is 42.0. The molecular weight excluding hydrogens is 811 g/mol. The van der Waals surface area contributed by atoms with E-state index in [1.165, 1.54) is 63.4 Å². The smallest absolute Gasteiger partial charge is 0.0453 e. The lowest BCUT2D eigenvalue weighted by Crippen LogP contribution is -2.62. The summed E-state index contributed by atoms with van der Waals surface area (Å²) in [5.41, 5.74) is 2.92. The summed E-state index contributed by atoms with van der Waals surface area (Å²) < 4.78 is 0. The van der Waals surface area contributed by atoms with Gasteiger partial charge in [0.15, 0.2) is 0 Å². The van der Waals surface area contributed by atoms with Crippen molar-refractivity contribution in [2.75, 3.05) is 44.4 Å². The topological polar surface area (TPSA) is 25.0 Å². The minimum Gasteiger partial charge on any atom is -0.314 e. The minimum atomic E-state index is 0. The first-order valence-corrected chi connectivity index (χ1v) is 27.4. The van der Waals surface area contributed by atoms with Crippen molar-refractivity contribution in [1.82, 2.24) is 24.9 Å². The zero-order chi connectivity index (χ0) is 50.5. The molecule has 0 radical (unpaired) electrons. The molecule has 0 aromatic carbocycles. The molecule has 0 amide bonds. The van der Waals surface area contributed by atoms with Crippen LogP contribution in [0.1, 0.15) is 276 Å². The van der Waals surface area contributed by atoms with Crippen molar-refractivity contribution in [2.24, 2.45) is 21.7 Å². The number of thioether (sulfide) groups is 1. The minimum absolute atomic E-state index is 0. The van der Waals surface area contributed by atoms with E-state index in [-0.39, 0.29) is 22.3 Å². The van der Waals surface area contributed by atoms with Crippen LogP contribution < -0.4 is 5.32 Å². The third kappa shape index (κ3) is 30.5. The first-order chi connectivity index (χ1) is 27.9. The van der Waals surface area contributed by atoms with Crippen molar-refractivity contribution in [2.45, 2.75) is 322 Å². The second-order valence-electron chi connectivity index (χ2n) is 25.6. The van der Waals surface area contributed by atoms with Gasteiger partial charge in [0.1, 0.15) is 0 Å². The van der Waals surface area contributed by atoms with E-state index in [9.17, 15) is 0 Å². The van der Waals surface area contributed by atoms with E-state index >= 15 is 0 Å². The molecule has 0 saturated carbocycles. The standard InChI is InChI=1S/C13H27N.C12H26N2.C12H25N.C11H23NS.4C2H6.3CH4/c1-12(2,3)11-9-7-8-10-14(11)13(4,5)6;1-11(2,3)10-9-13-7-8-14(10)12(4,5)6;1-11(2,3)10-8-7-9-13(10)12(4,5)6;1-10(2,3)9-7-13-8-12(9)11(4,5)6;4*1-2;;;/h11H,7-10H2,1-6H3;10,13H,7-9H2,1-6H3;10H,7-9H2,1-6H3;9H,7-8H2,1-6H3;4*1-2H3;3*1H4. The van der Waals surface area contributed by atoms with Gasteiger partial charge in [0.05, 0.1) is 0 Å². The Balaban J connectivity index is -0.000000129. The van der Waals surface area contributed by atoms with E-state index < -0.39 is 0 Å². The monoisotopic (exact) mass is 948 g/mol. The Hall–Kier alpha value is 0.150. The number of nitrogens with zero attached hydrogens (tertiary/aromatic N) is 4. The maximum absolute atomic E-state index is 3.50. The van der Waals surface area contributed by atoms with Crippen molar-refractivity contribution in [1.29, 1.82) is 0 Å². The van der Waals surface area contributed by atoms with Crippen LogP contribution in [0.4, 0.5) is 0 Å². The van der Waals surface area contributed by atoms with Crippen LogP contribution in [0.15, 0.2) is 0 Å². The molecule has 1 N–H and O–H groups in total. The zero-order valence-electron chi connectivity index (χ0n) is 49.5. The van der Waals surface area contributed by atoms with Gasteiger partial charge >= 0.3 is 0 Å². The molecular formula is C59H137N5S. The van der Waals surface area contributed by atoms with Crippen LogP contribution in [0.2, 0.25) is 0 Å². The summed E-state index contributed by atoms with van der Waals surface area (Å²) in [7, 11) is 0. The summed E-state index contributed by atoms with van der Waals surface area (Å²) in [5, 5.41) is 3.50. The van der Waals surface area contributed by atoms with Crippen molar-refractivity contribution in [3.63, 3.8) is 0 Å². The molecule has 4 unspecified atom stereocenters. The molecule has 4 saturated heterocycles. The summed E-state index contributed by atoms with van der Waals surface area (Å²) in [6.07, 6.45) is 6.92. The predicted molar refractivity (Wildman–Crippen MR) is 313 cm³/mol. The second-order valence-corrected chi connectivity index (χ2v) is 26.6. The molecule has 4 fully saturated rings. The molecule has 4 atom stereocenters. The fourth-order valence-electron chi connectivity index (χ4n) is 9.21. The summed E-state index contributed by atoms with van der Waals surface area (Å²) in [4.78, 5) is 10.7. The van der Waals surface area contributed by atoms with Gasteiger partial charge in [-0.2, -0.15) is 0 Å². The lowest BCUT2D eigenvalue weighted by Gasteiger charge is -2.50. The van der Waals surface area contributed by atoms with Crippen LogP contribution in [0.3, 0.4) is 0 Å². The van der Waals surface area contributed by atoms with E-state index in [2.05, 4.69) is 203 Å². The summed E-state index contributed by atoms with van der Waals surface area (Å²) in [5.74, 6) is 2.49. The van der Waals surface area contributed by atoms with Gasteiger partial charge < -0.3 is 5.32 Å². The predicted octanol–water partition coefficient (Wildman–Crippen LogP) is 18.3. The van der Waals surface area contributed by atoms with E-state index in [1.54, 1.807) is 0 Å². The van der Waals surface area contributed by atoms with Crippen LogP contribution in [0.25, 0.3) is 0 Å². The number of piperazine rings is 1. The Morgan fingerprint density at radius 2 is 0.646 bits per heavy atom. The van der Waals surface area contributed by atoms with E-state index in [0.717, 1.165) is 31.2 Å². The van der Waals surface area contributed by atoms with Crippen LogP contribution in [-0.2, 0) is 0 Å². The molecule has 0 aromatic rings. The molecule has 65 heavy (non-hydrogen) atoms. The van der Waals surface area contributed by atoms with Crippen LogP contribution in [-0.4, -0.2) is 110 Å². The average molecular weight is 949 g/mol. The highest BCUT2D eigenvalue weighted by atomic mass is 32.2. The lowest BCUT2D eigenvalue weighted by atomic mass is 9.78. The molecule has 0 aromatic heterocycles. The Morgan fingerprint density at radius 3 is 0.908 bits per heavy atom. The molecule has 4 rings (SSSR count). The molecule has 0 spiro atoms.